The Morgan fingerprint density at radius 1 is 0.839 bits per heavy atom. The summed E-state index contributed by atoms with van der Waals surface area (Å²) < 4.78 is 10.8. The molecule has 1 aliphatic rings. The van der Waals surface area contributed by atoms with Crippen LogP contribution in [0.15, 0.2) is 76.5 Å². The maximum atomic E-state index is 12.1. The molecule has 3 amide bonds. The molecule has 7 nitrogen and oxygen atoms in total. The van der Waals surface area contributed by atoms with Gasteiger partial charge in [0.25, 0.3) is 11.8 Å². The van der Waals surface area contributed by atoms with Crippen LogP contribution in [-0.4, -0.2) is 55.6 Å². The molecule has 0 atom stereocenters. The van der Waals surface area contributed by atoms with Crippen molar-refractivity contribution in [2.75, 3.05) is 38.3 Å². The molecule has 0 aliphatic carbocycles. The normalized spacial score (nSPS) is 13.1. The Bertz CT molecular complexity index is 915. The van der Waals surface area contributed by atoms with E-state index in [0.717, 1.165) is 20.4 Å². The highest BCUT2D eigenvalue weighted by molar-refractivity contribution is 7.99. The Hall–Kier alpha value is -2.94. The maximum absolute atomic E-state index is 12.1. The van der Waals surface area contributed by atoms with Crippen molar-refractivity contribution in [3.63, 3.8) is 0 Å². The Balaban J connectivity index is 1.26. The summed E-state index contributed by atoms with van der Waals surface area (Å²) in [7, 11) is 0. The molecule has 0 spiro atoms. The summed E-state index contributed by atoms with van der Waals surface area (Å²) in [4.78, 5) is 38.2. The number of hydrogen-bond donors (Lipinski definition) is 1. The predicted octanol–water partition coefficient (Wildman–Crippen LogP) is 3.12. The van der Waals surface area contributed by atoms with Crippen LogP contribution < -0.4 is 5.32 Å². The average Bonchev–Trinajstić information content (AvgIpc) is 3.08. The van der Waals surface area contributed by atoms with Gasteiger partial charge in [-0.2, -0.15) is 0 Å². The number of carbonyl (C=O) groups excluding carboxylic acids is 3. The SMILES string of the molecule is O=C(CCOCCOCCN1C(=O)C=CC1=O)Nc1cccc(Sc2ccccc2)c1. The molecule has 162 valence electrons. The van der Waals surface area contributed by atoms with Crippen LogP contribution >= 0.6 is 11.8 Å². The summed E-state index contributed by atoms with van der Waals surface area (Å²) in [5, 5.41) is 2.88. The molecule has 3 rings (SSSR count). The van der Waals surface area contributed by atoms with Gasteiger partial charge in [0, 0.05) is 27.6 Å². The highest BCUT2D eigenvalue weighted by Gasteiger charge is 2.22. The van der Waals surface area contributed by atoms with E-state index in [1.165, 1.54) is 12.2 Å². The fourth-order valence-corrected chi connectivity index (χ4v) is 3.68. The molecule has 1 aliphatic heterocycles. The molecule has 0 radical (unpaired) electrons. The molecule has 0 aromatic heterocycles. The van der Waals surface area contributed by atoms with E-state index in [0.29, 0.717) is 13.2 Å². The Kier molecular flexibility index (Phi) is 8.84. The minimum absolute atomic E-state index is 0.124. The lowest BCUT2D eigenvalue weighted by Crippen LogP contribution is -2.33. The maximum Gasteiger partial charge on any atom is 0.253 e. The summed E-state index contributed by atoms with van der Waals surface area (Å²) in [6.45, 7) is 1.40. The van der Waals surface area contributed by atoms with Crippen molar-refractivity contribution in [1.82, 2.24) is 4.90 Å². The summed E-state index contributed by atoms with van der Waals surface area (Å²) in [6, 6.07) is 17.8. The number of ether oxygens (including phenoxy) is 2. The van der Waals surface area contributed by atoms with Gasteiger partial charge in [-0.15, -0.1) is 0 Å². The molecule has 1 heterocycles. The molecule has 0 fully saturated rings. The van der Waals surface area contributed by atoms with E-state index in [1.54, 1.807) is 11.8 Å². The molecule has 8 heteroatoms. The molecule has 0 saturated heterocycles. The number of hydrogen-bond acceptors (Lipinski definition) is 6. The third kappa shape index (κ3) is 7.67. The predicted molar refractivity (Wildman–Crippen MR) is 118 cm³/mol. The number of carbonyl (C=O) groups is 3. The Morgan fingerprint density at radius 3 is 2.26 bits per heavy atom. The minimum Gasteiger partial charge on any atom is -0.379 e. The van der Waals surface area contributed by atoms with Crippen molar-refractivity contribution >= 4 is 35.2 Å². The van der Waals surface area contributed by atoms with Crippen LogP contribution in [0.5, 0.6) is 0 Å². The molecule has 1 N–H and O–H groups in total. The zero-order valence-electron chi connectivity index (χ0n) is 17.0. The topological polar surface area (TPSA) is 84.9 Å². The third-order valence-corrected chi connectivity index (χ3v) is 5.30. The van der Waals surface area contributed by atoms with Gasteiger partial charge < -0.3 is 14.8 Å². The van der Waals surface area contributed by atoms with E-state index in [4.69, 9.17) is 9.47 Å². The van der Waals surface area contributed by atoms with Crippen molar-refractivity contribution in [3.05, 3.63) is 66.7 Å². The van der Waals surface area contributed by atoms with Crippen molar-refractivity contribution in [2.45, 2.75) is 16.2 Å². The van der Waals surface area contributed by atoms with E-state index in [9.17, 15) is 14.4 Å². The number of rotatable bonds is 12. The summed E-state index contributed by atoms with van der Waals surface area (Å²) >= 11 is 1.63. The Labute approximate surface area is 185 Å². The quantitative estimate of drug-likeness (QED) is 0.403. The van der Waals surface area contributed by atoms with Crippen LogP contribution in [0, 0.1) is 0 Å². The Morgan fingerprint density at radius 2 is 1.52 bits per heavy atom. The first-order valence-electron chi connectivity index (χ1n) is 9.94. The van der Waals surface area contributed by atoms with Gasteiger partial charge in [0.2, 0.25) is 5.91 Å². The number of amides is 3. The lowest BCUT2D eigenvalue weighted by molar-refractivity contribution is -0.137. The standard InChI is InChI=1S/C23H24N2O5S/c26-21(11-13-29-15-16-30-14-12-25-22(27)9-10-23(25)28)24-18-5-4-8-20(17-18)31-19-6-2-1-3-7-19/h1-10,17H,11-16H2,(H,24,26). The molecule has 0 unspecified atom stereocenters. The van der Waals surface area contributed by atoms with Crippen LogP contribution in [0.2, 0.25) is 0 Å². The largest absolute Gasteiger partial charge is 0.379 e. The molecule has 2 aromatic rings. The van der Waals surface area contributed by atoms with Crippen LogP contribution in [0.4, 0.5) is 5.69 Å². The van der Waals surface area contributed by atoms with Crippen LogP contribution in [0.1, 0.15) is 6.42 Å². The lowest BCUT2D eigenvalue weighted by Gasteiger charge is -2.13. The summed E-state index contributed by atoms with van der Waals surface area (Å²) in [5.74, 6) is -0.763. The zero-order valence-corrected chi connectivity index (χ0v) is 17.8. The first-order valence-corrected chi connectivity index (χ1v) is 10.8. The summed E-state index contributed by atoms with van der Waals surface area (Å²) in [5.41, 5.74) is 0.745. The second-order valence-corrected chi connectivity index (χ2v) is 7.77. The molecular formula is C23H24N2O5S. The van der Waals surface area contributed by atoms with Gasteiger partial charge in [-0.1, -0.05) is 36.0 Å². The van der Waals surface area contributed by atoms with Crippen LogP contribution in [0.25, 0.3) is 0 Å². The average molecular weight is 441 g/mol. The minimum atomic E-state index is -0.319. The number of benzene rings is 2. The van der Waals surface area contributed by atoms with Crippen molar-refractivity contribution in [1.29, 1.82) is 0 Å². The molecular weight excluding hydrogens is 416 g/mol. The van der Waals surface area contributed by atoms with Crippen molar-refractivity contribution < 1.29 is 23.9 Å². The van der Waals surface area contributed by atoms with Gasteiger partial charge in [-0.3, -0.25) is 19.3 Å². The second kappa shape index (κ2) is 12.0. The van der Waals surface area contributed by atoms with Gasteiger partial charge in [0.1, 0.15) is 0 Å². The van der Waals surface area contributed by atoms with E-state index in [1.807, 2.05) is 54.6 Å². The molecule has 2 aromatic carbocycles. The number of imide groups is 1. The highest BCUT2D eigenvalue weighted by Crippen LogP contribution is 2.29. The first kappa shape index (κ1) is 22.7. The van der Waals surface area contributed by atoms with Gasteiger partial charge >= 0.3 is 0 Å². The van der Waals surface area contributed by atoms with Gasteiger partial charge in [-0.25, -0.2) is 0 Å². The highest BCUT2D eigenvalue weighted by atomic mass is 32.2. The van der Waals surface area contributed by atoms with E-state index >= 15 is 0 Å². The van der Waals surface area contributed by atoms with Crippen LogP contribution in [0.3, 0.4) is 0 Å². The smallest absolute Gasteiger partial charge is 0.253 e. The monoisotopic (exact) mass is 440 g/mol. The lowest BCUT2D eigenvalue weighted by atomic mass is 10.3. The first-order chi connectivity index (χ1) is 15.1. The fraction of sp³-hybridized carbons (Fsp3) is 0.261. The number of anilines is 1. The number of nitrogens with zero attached hydrogens (tertiary/aromatic N) is 1. The van der Waals surface area contributed by atoms with Gasteiger partial charge in [-0.05, 0) is 30.3 Å². The van der Waals surface area contributed by atoms with Gasteiger partial charge in [0.05, 0.1) is 39.4 Å². The van der Waals surface area contributed by atoms with Gasteiger partial charge in [0.15, 0.2) is 0 Å². The fourth-order valence-electron chi connectivity index (χ4n) is 2.78. The van der Waals surface area contributed by atoms with E-state index in [2.05, 4.69) is 5.32 Å². The molecule has 0 bridgehead atoms. The van der Waals surface area contributed by atoms with Crippen molar-refractivity contribution in [2.24, 2.45) is 0 Å². The number of nitrogens with one attached hydrogen (secondary N) is 1. The molecule has 0 saturated carbocycles. The van der Waals surface area contributed by atoms with E-state index in [-0.39, 0.29) is 43.9 Å². The summed E-state index contributed by atoms with van der Waals surface area (Å²) in [6.07, 6.45) is 2.72. The van der Waals surface area contributed by atoms with Crippen LogP contribution in [-0.2, 0) is 23.9 Å². The molecule has 31 heavy (non-hydrogen) atoms. The van der Waals surface area contributed by atoms with Crippen molar-refractivity contribution in [3.8, 4) is 0 Å². The third-order valence-electron chi connectivity index (χ3n) is 4.30. The zero-order chi connectivity index (χ0) is 21.9. The van der Waals surface area contributed by atoms with E-state index < -0.39 is 0 Å². The second-order valence-electron chi connectivity index (χ2n) is 6.63.